The number of hydrogen-bond acceptors (Lipinski definition) is 7. The summed E-state index contributed by atoms with van der Waals surface area (Å²) in [5.74, 6) is 1.21. The molecule has 2 N–H and O–H groups in total. The van der Waals surface area contributed by atoms with Gasteiger partial charge in [0.1, 0.15) is 17.2 Å². The van der Waals surface area contributed by atoms with Gasteiger partial charge in [-0.1, -0.05) is 71.1 Å². The molecule has 0 aromatic carbocycles. The predicted octanol–water partition coefficient (Wildman–Crippen LogP) is 6.15. The van der Waals surface area contributed by atoms with Crippen molar-refractivity contribution >= 4 is 40.3 Å². The van der Waals surface area contributed by atoms with Crippen LogP contribution < -0.4 is 10.2 Å². The van der Waals surface area contributed by atoms with Gasteiger partial charge in [0.05, 0.1) is 11.9 Å². The number of nitrogens with zero attached hydrogens (tertiary/aromatic N) is 6. The molecule has 3 aromatic rings. The highest BCUT2D eigenvalue weighted by molar-refractivity contribution is 5.97. The summed E-state index contributed by atoms with van der Waals surface area (Å²) in [4.78, 5) is 47.2. The number of hydrogen-bond donors (Lipinski definition) is 2. The molecule has 42 heavy (non-hydrogen) atoms. The Kier molecular flexibility index (Phi) is 12.0. The first-order valence-electron chi connectivity index (χ1n) is 15.8. The molecular formula is C32H48N8O2. The van der Waals surface area contributed by atoms with Crippen LogP contribution in [0, 0.1) is 0 Å². The lowest BCUT2D eigenvalue weighted by atomic mass is 10.1. The molecule has 4 heterocycles. The van der Waals surface area contributed by atoms with Crippen LogP contribution >= 0.6 is 0 Å². The molecule has 4 rings (SSSR count). The van der Waals surface area contributed by atoms with Crippen molar-refractivity contribution in [3.63, 3.8) is 0 Å². The molecule has 0 unspecified atom stereocenters. The van der Waals surface area contributed by atoms with Crippen LogP contribution in [-0.2, 0) is 4.79 Å². The minimum absolute atomic E-state index is 0.116. The second kappa shape index (κ2) is 16.1. The largest absolute Gasteiger partial charge is 0.367 e. The van der Waals surface area contributed by atoms with Crippen molar-refractivity contribution in [1.82, 2.24) is 29.7 Å². The summed E-state index contributed by atoms with van der Waals surface area (Å²) < 4.78 is 0. The number of anilines is 3. The second-order valence-corrected chi connectivity index (χ2v) is 11.6. The number of amides is 2. The quantitative estimate of drug-likeness (QED) is 0.197. The Hall–Kier alpha value is -3.69. The molecule has 0 aliphatic carbocycles. The highest BCUT2D eigenvalue weighted by atomic mass is 16.2. The van der Waals surface area contributed by atoms with E-state index in [4.69, 9.17) is 0 Å². The number of aromatic nitrogens is 4. The first-order chi connectivity index (χ1) is 20.4. The fraction of sp³-hybridized carbons (Fsp3) is 0.594. The molecule has 0 radical (unpaired) electrons. The molecule has 2 amide bonds. The maximum atomic E-state index is 12.7. The number of nitrogens with one attached hydrogen (secondary N) is 2. The van der Waals surface area contributed by atoms with Crippen LogP contribution in [0.3, 0.4) is 0 Å². The van der Waals surface area contributed by atoms with Gasteiger partial charge >= 0.3 is 0 Å². The van der Waals surface area contributed by atoms with Crippen molar-refractivity contribution in [3.8, 4) is 0 Å². The molecule has 0 bridgehead atoms. The Bertz CT molecular complexity index is 1270. The third-order valence-electron chi connectivity index (χ3n) is 7.99. The van der Waals surface area contributed by atoms with Crippen molar-refractivity contribution in [2.75, 3.05) is 50.5 Å². The summed E-state index contributed by atoms with van der Waals surface area (Å²) in [6.07, 6.45) is 18.5. The topological polar surface area (TPSA) is 110 Å². The molecule has 0 saturated carbocycles. The highest BCUT2D eigenvalue weighted by Crippen LogP contribution is 2.21. The lowest BCUT2D eigenvalue weighted by Gasteiger charge is -2.36. The van der Waals surface area contributed by atoms with Crippen LogP contribution in [-0.4, -0.2) is 81.8 Å². The molecular weight excluding hydrogens is 528 g/mol. The smallest absolute Gasteiger partial charge is 0.269 e. The minimum Gasteiger partial charge on any atom is -0.367 e. The molecule has 1 aliphatic heterocycles. The summed E-state index contributed by atoms with van der Waals surface area (Å²) in [5.41, 5.74) is 2.09. The van der Waals surface area contributed by atoms with Crippen LogP contribution in [0.4, 0.5) is 17.5 Å². The van der Waals surface area contributed by atoms with E-state index < -0.39 is 0 Å². The van der Waals surface area contributed by atoms with Crippen molar-refractivity contribution in [1.29, 1.82) is 0 Å². The highest BCUT2D eigenvalue weighted by Gasteiger charge is 2.21. The third kappa shape index (κ3) is 9.16. The van der Waals surface area contributed by atoms with Gasteiger partial charge in [-0.25, -0.2) is 9.97 Å². The fourth-order valence-electron chi connectivity index (χ4n) is 5.41. The average Bonchev–Trinajstić information content (AvgIpc) is 3.43. The number of pyridine rings is 1. The van der Waals surface area contributed by atoms with E-state index in [0.717, 1.165) is 50.1 Å². The van der Waals surface area contributed by atoms with Crippen molar-refractivity contribution < 1.29 is 9.59 Å². The number of piperazine rings is 1. The number of fused-ring (bicyclic) bond motifs is 1. The molecule has 0 atom stereocenters. The van der Waals surface area contributed by atoms with E-state index in [1.807, 2.05) is 23.2 Å². The van der Waals surface area contributed by atoms with E-state index in [0.29, 0.717) is 35.4 Å². The molecule has 228 valence electrons. The summed E-state index contributed by atoms with van der Waals surface area (Å²) in [5, 5.41) is 3.91. The monoisotopic (exact) mass is 576 g/mol. The van der Waals surface area contributed by atoms with Gasteiger partial charge < -0.3 is 25.0 Å². The Morgan fingerprint density at radius 1 is 0.881 bits per heavy atom. The van der Waals surface area contributed by atoms with Crippen LogP contribution in [0.2, 0.25) is 0 Å². The summed E-state index contributed by atoms with van der Waals surface area (Å²) in [6, 6.07) is 5.68. The van der Waals surface area contributed by atoms with E-state index in [1.165, 1.54) is 62.7 Å². The van der Waals surface area contributed by atoms with Gasteiger partial charge in [0.2, 0.25) is 11.9 Å². The third-order valence-corrected chi connectivity index (χ3v) is 7.99. The van der Waals surface area contributed by atoms with E-state index in [2.05, 4.69) is 37.1 Å². The number of rotatable bonds is 16. The Balaban J connectivity index is 1.14. The molecule has 10 heteroatoms. The van der Waals surface area contributed by atoms with E-state index in [9.17, 15) is 9.59 Å². The zero-order chi connectivity index (χ0) is 29.7. The zero-order valence-electron chi connectivity index (χ0n) is 25.7. The normalized spacial score (nSPS) is 13.5. The summed E-state index contributed by atoms with van der Waals surface area (Å²) in [7, 11) is 3.42. The number of aromatic amines is 1. The van der Waals surface area contributed by atoms with Crippen molar-refractivity contribution in [2.45, 2.75) is 84.0 Å². The number of unbranched alkanes of at least 4 members (excludes halogenated alkanes) is 10. The molecule has 0 spiro atoms. The summed E-state index contributed by atoms with van der Waals surface area (Å²) in [6.45, 7) is 5.37. The van der Waals surface area contributed by atoms with Gasteiger partial charge in [0, 0.05) is 58.3 Å². The van der Waals surface area contributed by atoms with E-state index in [-0.39, 0.29) is 5.91 Å². The van der Waals surface area contributed by atoms with Crippen molar-refractivity contribution in [3.05, 3.63) is 36.3 Å². The van der Waals surface area contributed by atoms with Crippen molar-refractivity contribution in [2.24, 2.45) is 0 Å². The van der Waals surface area contributed by atoms with Crippen LogP contribution in [0.25, 0.3) is 11.0 Å². The van der Waals surface area contributed by atoms with E-state index in [1.54, 1.807) is 26.4 Å². The maximum absolute atomic E-state index is 12.7. The van der Waals surface area contributed by atoms with Gasteiger partial charge in [-0.2, -0.15) is 4.98 Å². The molecule has 10 nitrogen and oxygen atoms in total. The van der Waals surface area contributed by atoms with Gasteiger partial charge in [0.25, 0.3) is 5.91 Å². The average molecular weight is 577 g/mol. The molecule has 1 fully saturated rings. The standard InChI is InChI=1S/C32H48N8O2/c1-4-5-6-7-8-9-10-11-12-13-14-15-29(41)40-20-18-39(19-21-40)26-16-17-28(33-24-26)36-32-34-23-25-22-27(31(42)38(2)3)35-30(25)37-32/h16-17,22-24H,4-15,18-21H2,1-3H3,(H2,33,34,35,36,37). The van der Waals surface area contributed by atoms with Crippen LogP contribution in [0.5, 0.6) is 0 Å². The first kappa shape index (κ1) is 31.3. The number of carbonyl (C=O) groups is 2. The van der Waals surface area contributed by atoms with Gasteiger partial charge in [-0.05, 0) is 24.6 Å². The fourth-order valence-corrected chi connectivity index (χ4v) is 5.41. The Morgan fingerprint density at radius 3 is 2.17 bits per heavy atom. The van der Waals surface area contributed by atoms with E-state index >= 15 is 0 Å². The SMILES string of the molecule is CCCCCCCCCCCCCC(=O)N1CCN(c2ccc(Nc3ncc4cc(C(=O)N(C)C)[nH]c4n3)nc2)CC1. The van der Waals surface area contributed by atoms with Crippen LogP contribution in [0.15, 0.2) is 30.6 Å². The lowest BCUT2D eigenvalue weighted by molar-refractivity contribution is -0.131. The predicted molar refractivity (Wildman–Crippen MR) is 169 cm³/mol. The maximum Gasteiger partial charge on any atom is 0.269 e. The minimum atomic E-state index is -0.116. The Morgan fingerprint density at radius 2 is 1.55 bits per heavy atom. The molecule has 1 aliphatic rings. The van der Waals surface area contributed by atoms with Crippen LogP contribution in [0.1, 0.15) is 94.5 Å². The Labute approximate surface area is 250 Å². The van der Waals surface area contributed by atoms with Gasteiger partial charge in [0.15, 0.2) is 0 Å². The van der Waals surface area contributed by atoms with Gasteiger partial charge in [-0.3, -0.25) is 9.59 Å². The molecule has 3 aromatic heterocycles. The lowest BCUT2D eigenvalue weighted by Crippen LogP contribution is -2.48. The summed E-state index contributed by atoms with van der Waals surface area (Å²) >= 11 is 0. The first-order valence-corrected chi connectivity index (χ1v) is 15.8. The number of carbonyl (C=O) groups excluding carboxylic acids is 2. The number of H-pyrrole nitrogens is 1. The van der Waals surface area contributed by atoms with Gasteiger partial charge in [-0.15, -0.1) is 0 Å². The zero-order valence-corrected chi connectivity index (χ0v) is 25.7. The molecule has 1 saturated heterocycles. The second-order valence-electron chi connectivity index (χ2n) is 11.6.